The van der Waals surface area contributed by atoms with Gasteiger partial charge < -0.3 is 20.5 Å². The largest absolute Gasteiger partial charge is 0.480 e. The van der Waals surface area contributed by atoms with E-state index >= 15 is 0 Å². The summed E-state index contributed by atoms with van der Waals surface area (Å²) in [5.41, 5.74) is 6.31. The molecule has 0 saturated carbocycles. The smallest absolute Gasteiger partial charge is 0.410 e. The lowest BCUT2D eigenvalue weighted by molar-refractivity contribution is -0.138. The van der Waals surface area contributed by atoms with E-state index in [2.05, 4.69) is 0 Å². The van der Waals surface area contributed by atoms with E-state index in [1.807, 2.05) is 30.3 Å². The van der Waals surface area contributed by atoms with Crippen molar-refractivity contribution < 1.29 is 19.4 Å². The van der Waals surface area contributed by atoms with Gasteiger partial charge in [-0.15, -0.1) is 0 Å². The standard InChI is InChI=1S/C14H20N2O4/c1-2-16(9-8-12(15)13(17)18)14(19)20-10-11-6-4-3-5-7-11/h3-7,12H,2,8-10,15H2,1H3,(H,17,18). The van der Waals surface area contributed by atoms with Crippen LogP contribution in [0.15, 0.2) is 30.3 Å². The van der Waals surface area contributed by atoms with Crippen LogP contribution in [0.25, 0.3) is 0 Å². The second-order valence-corrected chi connectivity index (χ2v) is 4.35. The highest BCUT2D eigenvalue weighted by molar-refractivity contribution is 5.73. The van der Waals surface area contributed by atoms with E-state index in [9.17, 15) is 9.59 Å². The lowest BCUT2D eigenvalue weighted by atomic mass is 10.2. The number of rotatable bonds is 7. The Bertz CT molecular complexity index is 436. The van der Waals surface area contributed by atoms with Gasteiger partial charge in [0.2, 0.25) is 0 Å². The second kappa shape index (κ2) is 8.16. The Hall–Kier alpha value is -2.08. The number of carboxylic acids is 1. The van der Waals surface area contributed by atoms with Crippen molar-refractivity contribution in [3.63, 3.8) is 0 Å². The molecular weight excluding hydrogens is 260 g/mol. The Morgan fingerprint density at radius 2 is 2.00 bits per heavy atom. The molecule has 0 heterocycles. The van der Waals surface area contributed by atoms with Crippen LogP contribution in [0.4, 0.5) is 4.79 Å². The van der Waals surface area contributed by atoms with Crippen LogP contribution in [-0.2, 0) is 16.1 Å². The number of benzene rings is 1. The summed E-state index contributed by atoms with van der Waals surface area (Å²) in [5, 5.41) is 8.70. The van der Waals surface area contributed by atoms with Crippen LogP contribution in [0.5, 0.6) is 0 Å². The van der Waals surface area contributed by atoms with Crippen molar-refractivity contribution in [1.29, 1.82) is 0 Å². The van der Waals surface area contributed by atoms with Crippen molar-refractivity contribution in [2.45, 2.75) is 26.0 Å². The van der Waals surface area contributed by atoms with Gasteiger partial charge in [-0.3, -0.25) is 4.79 Å². The van der Waals surface area contributed by atoms with Crippen molar-refractivity contribution in [3.8, 4) is 0 Å². The van der Waals surface area contributed by atoms with Crippen LogP contribution in [0.1, 0.15) is 18.9 Å². The zero-order chi connectivity index (χ0) is 15.0. The molecule has 3 N–H and O–H groups in total. The summed E-state index contributed by atoms with van der Waals surface area (Å²) in [7, 11) is 0. The van der Waals surface area contributed by atoms with Crippen LogP contribution in [0.3, 0.4) is 0 Å². The van der Waals surface area contributed by atoms with E-state index in [4.69, 9.17) is 15.6 Å². The molecule has 110 valence electrons. The summed E-state index contributed by atoms with van der Waals surface area (Å²) in [6, 6.07) is 8.38. The Balaban J connectivity index is 2.40. The molecule has 0 aliphatic carbocycles. The van der Waals surface area contributed by atoms with Crippen LogP contribution in [-0.4, -0.2) is 41.2 Å². The number of nitrogens with two attached hydrogens (primary N) is 1. The van der Waals surface area contributed by atoms with Crippen LogP contribution >= 0.6 is 0 Å². The average Bonchev–Trinajstić information content (AvgIpc) is 2.46. The molecule has 0 aliphatic heterocycles. The molecule has 20 heavy (non-hydrogen) atoms. The van der Waals surface area contributed by atoms with E-state index in [1.54, 1.807) is 6.92 Å². The lowest BCUT2D eigenvalue weighted by Gasteiger charge is -2.21. The molecule has 0 fully saturated rings. The number of aliphatic carboxylic acids is 1. The molecule has 1 aromatic carbocycles. The van der Waals surface area contributed by atoms with Crippen LogP contribution < -0.4 is 5.73 Å². The molecule has 0 aromatic heterocycles. The number of amides is 1. The number of ether oxygens (including phenoxy) is 1. The van der Waals surface area contributed by atoms with Gasteiger partial charge in [0.1, 0.15) is 12.6 Å². The van der Waals surface area contributed by atoms with Gasteiger partial charge in [0.15, 0.2) is 0 Å². The molecule has 1 unspecified atom stereocenters. The summed E-state index contributed by atoms with van der Waals surface area (Å²) < 4.78 is 5.17. The molecular formula is C14H20N2O4. The highest BCUT2D eigenvalue weighted by Gasteiger charge is 2.17. The fraction of sp³-hybridized carbons (Fsp3) is 0.429. The highest BCUT2D eigenvalue weighted by Crippen LogP contribution is 2.04. The predicted octanol–water partition coefficient (Wildman–Crippen LogP) is 1.45. The fourth-order valence-corrected chi connectivity index (χ4v) is 1.61. The normalized spacial score (nSPS) is 11.7. The van der Waals surface area contributed by atoms with Crippen molar-refractivity contribution in [3.05, 3.63) is 35.9 Å². The van der Waals surface area contributed by atoms with Crippen molar-refractivity contribution in [1.82, 2.24) is 4.90 Å². The summed E-state index contributed by atoms with van der Waals surface area (Å²) in [4.78, 5) is 23.9. The summed E-state index contributed by atoms with van der Waals surface area (Å²) >= 11 is 0. The lowest BCUT2D eigenvalue weighted by Crippen LogP contribution is -2.38. The van der Waals surface area contributed by atoms with Gasteiger partial charge in [-0.1, -0.05) is 30.3 Å². The topological polar surface area (TPSA) is 92.9 Å². The number of carbonyl (C=O) groups excluding carboxylic acids is 1. The molecule has 1 atom stereocenters. The van der Waals surface area contributed by atoms with Gasteiger partial charge in [-0.25, -0.2) is 4.79 Å². The van der Waals surface area contributed by atoms with E-state index in [-0.39, 0.29) is 19.6 Å². The Kier molecular flexibility index (Phi) is 6.52. The van der Waals surface area contributed by atoms with Crippen molar-refractivity contribution in [2.75, 3.05) is 13.1 Å². The third kappa shape index (κ3) is 5.27. The van der Waals surface area contributed by atoms with E-state index in [1.165, 1.54) is 4.90 Å². The monoisotopic (exact) mass is 280 g/mol. The average molecular weight is 280 g/mol. The van der Waals surface area contributed by atoms with E-state index in [0.29, 0.717) is 6.54 Å². The molecule has 0 radical (unpaired) electrons. The Morgan fingerprint density at radius 3 is 2.55 bits per heavy atom. The molecule has 6 heteroatoms. The number of hydrogen-bond acceptors (Lipinski definition) is 4. The predicted molar refractivity (Wildman–Crippen MR) is 74.1 cm³/mol. The molecule has 1 rings (SSSR count). The van der Waals surface area contributed by atoms with Crippen LogP contribution in [0.2, 0.25) is 0 Å². The molecule has 1 aromatic rings. The number of hydrogen-bond donors (Lipinski definition) is 2. The first-order valence-electron chi connectivity index (χ1n) is 6.48. The summed E-state index contributed by atoms with van der Waals surface area (Å²) in [5.74, 6) is -1.07. The minimum absolute atomic E-state index is 0.196. The zero-order valence-corrected chi connectivity index (χ0v) is 11.5. The van der Waals surface area contributed by atoms with Crippen molar-refractivity contribution >= 4 is 12.1 Å². The van der Waals surface area contributed by atoms with Gasteiger partial charge in [0.05, 0.1) is 0 Å². The molecule has 0 bridgehead atoms. The molecule has 1 amide bonds. The number of nitrogens with zero attached hydrogens (tertiary/aromatic N) is 1. The van der Waals surface area contributed by atoms with Gasteiger partial charge in [-0.05, 0) is 18.9 Å². The maximum absolute atomic E-state index is 11.8. The highest BCUT2D eigenvalue weighted by atomic mass is 16.6. The Labute approximate surface area is 118 Å². The fourth-order valence-electron chi connectivity index (χ4n) is 1.61. The summed E-state index contributed by atoms with van der Waals surface area (Å²) in [6.45, 7) is 2.70. The van der Waals surface area contributed by atoms with Gasteiger partial charge in [0.25, 0.3) is 0 Å². The quantitative estimate of drug-likeness (QED) is 0.788. The first kappa shape index (κ1) is 16.0. The number of carbonyl (C=O) groups is 2. The van der Waals surface area contributed by atoms with Gasteiger partial charge in [0, 0.05) is 13.1 Å². The third-order valence-electron chi connectivity index (χ3n) is 2.87. The molecule has 6 nitrogen and oxygen atoms in total. The van der Waals surface area contributed by atoms with Crippen molar-refractivity contribution in [2.24, 2.45) is 5.73 Å². The first-order valence-corrected chi connectivity index (χ1v) is 6.48. The second-order valence-electron chi connectivity index (χ2n) is 4.35. The molecule has 0 spiro atoms. The third-order valence-corrected chi connectivity index (χ3v) is 2.87. The molecule has 0 aliphatic rings. The van der Waals surface area contributed by atoms with E-state index in [0.717, 1.165) is 5.56 Å². The summed E-state index contributed by atoms with van der Waals surface area (Å²) in [6.07, 6.45) is -0.266. The SMILES string of the molecule is CCN(CCC(N)C(=O)O)C(=O)OCc1ccccc1. The maximum atomic E-state index is 11.8. The van der Waals surface area contributed by atoms with Gasteiger partial charge in [-0.2, -0.15) is 0 Å². The first-order chi connectivity index (χ1) is 9.54. The Morgan fingerprint density at radius 1 is 1.35 bits per heavy atom. The minimum Gasteiger partial charge on any atom is -0.480 e. The van der Waals surface area contributed by atoms with E-state index < -0.39 is 18.1 Å². The number of carboxylic acid groups (broad SMARTS) is 1. The van der Waals surface area contributed by atoms with Crippen LogP contribution in [0, 0.1) is 0 Å². The molecule has 0 saturated heterocycles. The maximum Gasteiger partial charge on any atom is 0.410 e. The zero-order valence-electron chi connectivity index (χ0n) is 11.5. The minimum atomic E-state index is -1.07. The van der Waals surface area contributed by atoms with Gasteiger partial charge >= 0.3 is 12.1 Å².